The van der Waals surface area contributed by atoms with Crippen LogP contribution in [0.5, 0.6) is 0 Å². The topological polar surface area (TPSA) is 12.0 Å². The summed E-state index contributed by atoms with van der Waals surface area (Å²) in [6, 6.07) is 15.5. The molecule has 2 aromatic rings. The number of fused-ring (bicyclic) bond motifs is 1. The molecule has 0 saturated heterocycles. The highest BCUT2D eigenvalue weighted by atomic mass is 79.9. The molecule has 1 unspecified atom stereocenters. The maximum atomic E-state index is 6.13. The van der Waals surface area contributed by atoms with E-state index in [1.165, 1.54) is 29.5 Å². The minimum Gasteiger partial charge on any atom is -0.310 e. The first kappa shape index (κ1) is 14.1. The summed E-state index contributed by atoms with van der Waals surface area (Å²) >= 11 is 9.55. The molecule has 104 valence electrons. The average molecular weight is 351 g/mol. The first-order valence-electron chi connectivity index (χ1n) is 6.96. The van der Waals surface area contributed by atoms with Gasteiger partial charge in [-0.1, -0.05) is 41.9 Å². The predicted octanol–water partition coefficient (Wildman–Crippen LogP) is 4.75. The highest BCUT2D eigenvalue weighted by molar-refractivity contribution is 9.10. The molecule has 3 heteroatoms. The Kier molecular flexibility index (Phi) is 4.45. The molecule has 0 bridgehead atoms. The van der Waals surface area contributed by atoms with Gasteiger partial charge in [-0.2, -0.15) is 0 Å². The van der Waals surface area contributed by atoms with Crippen LogP contribution >= 0.6 is 27.5 Å². The third kappa shape index (κ3) is 3.25. The van der Waals surface area contributed by atoms with Crippen molar-refractivity contribution in [1.82, 2.24) is 5.32 Å². The fourth-order valence-electron chi connectivity index (χ4n) is 2.78. The number of aryl methyl sites for hydroxylation is 1. The normalized spacial score (nSPS) is 17.8. The summed E-state index contributed by atoms with van der Waals surface area (Å²) in [6.07, 6.45) is 3.51. The average Bonchev–Trinajstić information content (AvgIpc) is 2.48. The summed E-state index contributed by atoms with van der Waals surface area (Å²) in [7, 11) is 0. The van der Waals surface area contributed by atoms with Gasteiger partial charge in [-0.3, -0.25) is 0 Å². The van der Waals surface area contributed by atoms with Gasteiger partial charge >= 0.3 is 0 Å². The van der Waals surface area contributed by atoms with E-state index < -0.39 is 0 Å². The maximum Gasteiger partial charge on any atom is 0.0551 e. The largest absolute Gasteiger partial charge is 0.310 e. The van der Waals surface area contributed by atoms with E-state index in [9.17, 15) is 0 Å². The zero-order valence-electron chi connectivity index (χ0n) is 11.2. The van der Waals surface area contributed by atoms with Gasteiger partial charge in [0.15, 0.2) is 0 Å². The van der Waals surface area contributed by atoms with E-state index >= 15 is 0 Å². The van der Waals surface area contributed by atoms with Gasteiger partial charge in [-0.05, 0) is 64.0 Å². The Morgan fingerprint density at radius 2 is 1.95 bits per heavy atom. The van der Waals surface area contributed by atoms with E-state index in [0.29, 0.717) is 6.04 Å². The minimum atomic E-state index is 0.562. The molecule has 1 aliphatic rings. The van der Waals surface area contributed by atoms with Crippen molar-refractivity contribution in [2.75, 3.05) is 0 Å². The number of nitrogens with one attached hydrogen (secondary N) is 1. The highest BCUT2D eigenvalue weighted by Gasteiger charge is 2.17. The zero-order chi connectivity index (χ0) is 13.9. The van der Waals surface area contributed by atoms with Crippen molar-refractivity contribution < 1.29 is 0 Å². The maximum absolute atomic E-state index is 6.13. The lowest BCUT2D eigenvalue weighted by Crippen LogP contribution is -2.34. The second-order valence-corrected chi connectivity index (χ2v) is 6.60. The van der Waals surface area contributed by atoms with Crippen molar-refractivity contribution in [3.05, 3.63) is 68.7 Å². The van der Waals surface area contributed by atoms with Crippen molar-refractivity contribution >= 4 is 27.5 Å². The van der Waals surface area contributed by atoms with E-state index in [2.05, 4.69) is 51.6 Å². The molecular weight excluding hydrogens is 334 g/mol. The zero-order valence-corrected chi connectivity index (χ0v) is 13.5. The van der Waals surface area contributed by atoms with Crippen LogP contribution in [0, 0.1) is 0 Å². The van der Waals surface area contributed by atoms with Crippen molar-refractivity contribution in [2.24, 2.45) is 0 Å². The third-order valence-corrected chi connectivity index (χ3v) is 5.16. The van der Waals surface area contributed by atoms with Crippen LogP contribution in [0.25, 0.3) is 0 Å². The monoisotopic (exact) mass is 349 g/mol. The lowest BCUT2D eigenvalue weighted by molar-refractivity contribution is 0.457. The van der Waals surface area contributed by atoms with Crippen LogP contribution < -0.4 is 5.32 Å². The SMILES string of the molecule is Clc1cc(CNC2CCc3ccccc3C2)ccc1Br. The second-order valence-electron chi connectivity index (χ2n) is 5.34. The van der Waals surface area contributed by atoms with Crippen LogP contribution in [-0.4, -0.2) is 6.04 Å². The van der Waals surface area contributed by atoms with Crippen LogP contribution in [0.15, 0.2) is 46.9 Å². The van der Waals surface area contributed by atoms with Crippen LogP contribution in [0.3, 0.4) is 0 Å². The molecule has 0 fully saturated rings. The molecule has 3 rings (SSSR count). The molecule has 2 aromatic carbocycles. The summed E-state index contributed by atoms with van der Waals surface area (Å²) in [5, 5.41) is 4.43. The highest BCUT2D eigenvalue weighted by Crippen LogP contribution is 2.24. The van der Waals surface area contributed by atoms with E-state index in [0.717, 1.165) is 22.5 Å². The van der Waals surface area contributed by atoms with E-state index in [1.54, 1.807) is 0 Å². The van der Waals surface area contributed by atoms with Crippen molar-refractivity contribution in [3.63, 3.8) is 0 Å². The molecule has 0 radical (unpaired) electrons. The van der Waals surface area contributed by atoms with Gasteiger partial charge in [0.1, 0.15) is 0 Å². The molecule has 0 aromatic heterocycles. The van der Waals surface area contributed by atoms with E-state index in [-0.39, 0.29) is 0 Å². The first-order valence-corrected chi connectivity index (χ1v) is 8.13. The lowest BCUT2D eigenvalue weighted by Gasteiger charge is -2.25. The summed E-state index contributed by atoms with van der Waals surface area (Å²) in [5.74, 6) is 0. The number of halogens is 2. The molecule has 0 saturated carbocycles. The predicted molar refractivity (Wildman–Crippen MR) is 88.2 cm³/mol. The van der Waals surface area contributed by atoms with Crippen molar-refractivity contribution in [1.29, 1.82) is 0 Å². The van der Waals surface area contributed by atoms with Gasteiger partial charge in [0, 0.05) is 17.1 Å². The summed E-state index contributed by atoms with van der Waals surface area (Å²) in [5.41, 5.74) is 4.24. The summed E-state index contributed by atoms with van der Waals surface area (Å²) in [4.78, 5) is 0. The van der Waals surface area contributed by atoms with Crippen LogP contribution in [-0.2, 0) is 19.4 Å². The van der Waals surface area contributed by atoms with Gasteiger partial charge in [0.05, 0.1) is 5.02 Å². The molecule has 0 aliphatic heterocycles. The Bertz CT molecular complexity index is 612. The van der Waals surface area contributed by atoms with E-state index in [4.69, 9.17) is 11.6 Å². The van der Waals surface area contributed by atoms with Crippen LogP contribution in [0.1, 0.15) is 23.1 Å². The van der Waals surface area contributed by atoms with Crippen LogP contribution in [0.2, 0.25) is 5.02 Å². The summed E-state index contributed by atoms with van der Waals surface area (Å²) < 4.78 is 0.953. The fourth-order valence-corrected chi connectivity index (χ4v) is 3.23. The molecule has 0 spiro atoms. The number of rotatable bonds is 3. The van der Waals surface area contributed by atoms with E-state index in [1.807, 2.05) is 12.1 Å². The van der Waals surface area contributed by atoms with Gasteiger partial charge in [0.2, 0.25) is 0 Å². The Morgan fingerprint density at radius 1 is 1.15 bits per heavy atom. The van der Waals surface area contributed by atoms with Gasteiger partial charge in [-0.15, -0.1) is 0 Å². The van der Waals surface area contributed by atoms with Crippen molar-refractivity contribution in [3.8, 4) is 0 Å². The Morgan fingerprint density at radius 3 is 2.75 bits per heavy atom. The Labute approximate surface area is 133 Å². The van der Waals surface area contributed by atoms with Gasteiger partial charge in [0.25, 0.3) is 0 Å². The molecule has 0 amide bonds. The fraction of sp³-hybridized carbons (Fsp3) is 0.294. The van der Waals surface area contributed by atoms with Gasteiger partial charge < -0.3 is 5.32 Å². The number of hydrogen-bond donors (Lipinski definition) is 1. The summed E-state index contributed by atoms with van der Waals surface area (Å²) in [6.45, 7) is 0.875. The minimum absolute atomic E-state index is 0.562. The van der Waals surface area contributed by atoms with Crippen LogP contribution in [0.4, 0.5) is 0 Å². The first-order chi connectivity index (χ1) is 9.72. The van der Waals surface area contributed by atoms with Gasteiger partial charge in [-0.25, -0.2) is 0 Å². The quantitative estimate of drug-likeness (QED) is 0.842. The molecule has 20 heavy (non-hydrogen) atoms. The smallest absolute Gasteiger partial charge is 0.0551 e. The molecular formula is C17H17BrClN. The Balaban J connectivity index is 1.61. The molecule has 1 aliphatic carbocycles. The molecule has 1 N–H and O–H groups in total. The third-order valence-electron chi connectivity index (χ3n) is 3.93. The Hall–Kier alpha value is -0.830. The molecule has 0 heterocycles. The number of benzene rings is 2. The second kappa shape index (κ2) is 6.30. The van der Waals surface area contributed by atoms with Crippen molar-refractivity contribution in [2.45, 2.75) is 31.8 Å². The lowest BCUT2D eigenvalue weighted by atomic mass is 9.88. The standard InChI is InChI=1S/C17H17BrClN/c18-16-8-5-12(9-17(16)19)11-20-15-7-6-13-3-1-2-4-14(13)10-15/h1-5,8-9,15,20H,6-7,10-11H2. The number of hydrogen-bond acceptors (Lipinski definition) is 1. The molecule has 1 nitrogen and oxygen atoms in total. The molecule has 1 atom stereocenters.